The minimum absolute atomic E-state index is 0.0765. The lowest BCUT2D eigenvalue weighted by atomic mass is 9.99. The Morgan fingerprint density at radius 3 is 3.04 bits per heavy atom. The van der Waals surface area contributed by atoms with Gasteiger partial charge in [-0.2, -0.15) is 0 Å². The number of pyridine rings is 1. The summed E-state index contributed by atoms with van der Waals surface area (Å²) in [6, 6.07) is 5.62. The van der Waals surface area contributed by atoms with E-state index < -0.39 is 0 Å². The van der Waals surface area contributed by atoms with Crippen LogP contribution in [0.5, 0.6) is 0 Å². The van der Waals surface area contributed by atoms with E-state index in [9.17, 15) is 4.79 Å². The van der Waals surface area contributed by atoms with E-state index in [1.165, 1.54) is 6.20 Å². The maximum Gasteiger partial charge on any atom is 0.292 e. The zero-order valence-electron chi connectivity index (χ0n) is 13.9. The molecule has 2 aliphatic rings. The molecule has 0 unspecified atom stereocenters. The quantitative estimate of drug-likeness (QED) is 0.827. The average molecular weight is 343 g/mol. The Balaban J connectivity index is 1.27. The molecule has 7 nitrogen and oxygen atoms in total. The molecule has 0 saturated carbocycles. The molecule has 2 saturated heterocycles. The summed E-state index contributed by atoms with van der Waals surface area (Å²) in [6.07, 6.45) is 7.87. The van der Waals surface area contributed by atoms with Crippen LogP contribution in [0.4, 0.5) is 0 Å². The van der Waals surface area contributed by atoms with Crippen molar-refractivity contribution in [1.82, 2.24) is 15.0 Å². The molecular formula is C18H21N3O4. The second-order valence-corrected chi connectivity index (χ2v) is 6.48. The van der Waals surface area contributed by atoms with E-state index in [1.807, 2.05) is 23.2 Å². The predicted molar refractivity (Wildman–Crippen MR) is 87.7 cm³/mol. The fourth-order valence-corrected chi connectivity index (χ4v) is 3.63. The van der Waals surface area contributed by atoms with Crippen LogP contribution in [0.2, 0.25) is 0 Å². The molecule has 0 spiro atoms. The third-order valence-electron chi connectivity index (χ3n) is 4.84. The zero-order chi connectivity index (χ0) is 17.1. The first-order chi connectivity index (χ1) is 12.3. The molecule has 0 bridgehead atoms. The molecule has 0 aromatic carbocycles. The van der Waals surface area contributed by atoms with Crippen LogP contribution in [-0.4, -0.2) is 52.3 Å². The Labute approximate surface area is 145 Å². The Kier molecular flexibility index (Phi) is 4.76. The highest BCUT2D eigenvalue weighted by Gasteiger charge is 2.42. The van der Waals surface area contributed by atoms with Gasteiger partial charge in [0, 0.05) is 25.0 Å². The monoisotopic (exact) mass is 343 g/mol. The Morgan fingerprint density at radius 2 is 2.24 bits per heavy atom. The minimum atomic E-state index is -0.0973. The molecule has 2 aromatic heterocycles. The van der Waals surface area contributed by atoms with Crippen molar-refractivity contribution < 1.29 is 18.8 Å². The molecule has 2 aliphatic heterocycles. The molecule has 2 fully saturated rings. The number of hydrogen-bond donors (Lipinski definition) is 0. The van der Waals surface area contributed by atoms with Crippen molar-refractivity contribution in [2.75, 3.05) is 13.2 Å². The number of carbonyl (C=O) groups excluding carboxylic acids is 1. The van der Waals surface area contributed by atoms with E-state index in [4.69, 9.17) is 14.0 Å². The van der Waals surface area contributed by atoms with Crippen LogP contribution in [0.3, 0.4) is 0 Å². The molecular weight excluding hydrogens is 322 g/mol. The number of fused-ring (bicyclic) bond motifs is 1. The molecule has 3 atom stereocenters. The van der Waals surface area contributed by atoms with Crippen molar-refractivity contribution in [2.24, 2.45) is 0 Å². The average Bonchev–Trinajstić information content (AvgIpc) is 3.32. The predicted octanol–water partition coefficient (Wildman–Crippen LogP) is 2.05. The van der Waals surface area contributed by atoms with Crippen LogP contribution >= 0.6 is 0 Å². The molecule has 4 rings (SSSR count). The molecule has 1 amide bonds. The summed E-state index contributed by atoms with van der Waals surface area (Å²) in [4.78, 5) is 18.4. The van der Waals surface area contributed by atoms with Gasteiger partial charge in [-0.25, -0.2) is 0 Å². The van der Waals surface area contributed by atoms with Crippen LogP contribution in [0, 0.1) is 0 Å². The Hall–Kier alpha value is -2.25. The molecule has 25 heavy (non-hydrogen) atoms. The number of ether oxygens (including phenoxy) is 2. The highest BCUT2D eigenvalue weighted by atomic mass is 16.5. The first-order valence-corrected chi connectivity index (χ1v) is 8.65. The minimum Gasteiger partial charge on any atom is -0.374 e. The summed E-state index contributed by atoms with van der Waals surface area (Å²) in [6.45, 7) is 1.80. The molecule has 132 valence electrons. The smallest absolute Gasteiger partial charge is 0.292 e. The summed E-state index contributed by atoms with van der Waals surface area (Å²) in [5.41, 5.74) is 1.06. The van der Waals surface area contributed by atoms with Gasteiger partial charge in [-0.15, -0.1) is 0 Å². The van der Waals surface area contributed by atoms with Gasteiger partial charge in [0.15, 0.2) is 0 Å². The molecule has 2 aromatic rings. The lowest BCUT2D eigenvalue weighted by Gasteiger charge is -2.35. The number of rotatable bonds is 5. The number of amides is 1. The summed E-state index contributed by atoms with van der Waals surface area (Å²) >= 11 is 0. The topological polar surface area (TPSA) is 77.7 Å². The van der Waals surface area contributed by atoms with Crippen molar-refractivity contribution in [3.8, 4) is 0 Å². The van der Waals surface area contributed by atoms with Crippen LogP contribution in [0.25, 0.3) is 0 Å². The van der Waals surface area contributed by atoms with E-state index in [1.54, 1.807) is 12.3 Å². The fourth-order valence-electron chi connectivity index (χ4n) is 3.63. The van der Waals surface area contributed by atoms with E-state index in [0.29, 0.717) is 25.5 Å². The van der Waals surface area contributed by atoms with Gasteiger partial charge < -0.3 is 18.9 Å². The summed E-state index contributed by atoms with van der Waals surface area (Å²) in [5, 5.41) is 3.61. The normalized spacial score (nSPS) is 25.8. The molecule has 0 radical (unpaired) electrons. The lowest BCUT2D eigenvalue weighted by Crippen LogP contribution is -2.45. The second-order valence-electron chi connectivity index (χ2n) is 6.48. The van der Waals surface area contributed by atoms with Crippen LogP contribution in [0.15, 0.2) is 41.3 Å². The van der Waals surface area contributed by atoms with Gasteiger partial charge in [0.25, 0.3) is 5.91 Å². The SMILES string of the molecule is O=C(c1ccno1)N1CC[C@@H]2O[C@H](COCc3cccnc3)CC[C@@H]21. The number of aromatic nitrogens is 2. The number of carbonyl (C=O) groups is 1. The highest BCUT2D eigenvalue weighted by molar-refractivity contribution is 5.91. The van der Waals surface area contributed by atoms with E-state index in [2.05, 4.69) is 10.1 Å². The van der Waals surface area contributed by atoms with Gasteiger partial charge in [-0.1, -0.05) is 11.2 Å². The zero-order valence-corrected chi connectivity index (χ0v) is 13.9. The van der Waals surface area contributed by atoms with Gasteiger partial charge >= 0.3 is 0 Å². The third-order valence-corrected chi connectivity index (χ3v) is 4.84. The van der Waals surface area contributed by atoms with Crippen molar-refractivity contribution in [3.63, 3.8) is 0 Å². The fraction of sp³-hybridized carbons (Fsp3) is 0.500. The Bertz CT molecular complexity index is 692. The number of hydrogen-bond acceptors (Lipinski definition) is 6. The van der Waals surface area contributed by atoms with Gasteiger partial charge in [0.1, 0.15) is 0 Å². The van der Waals surface area contributed by atoms with Crippen molar-refractivity contribution >= 4 is 5.91 Å². The first kappa shape index (κ1) is 16.2. The van der Waals surface area contributed by atoms with Crippen LogP contribution < -0.4 is 0 Å². The number of likely N-dealkylation sites (tertiary alicyclic amines) is 1. The standard InChI is InChI=1S/C18H21N3O4/c22-18(17-5-8-20-25-17)21-9-6-16-15(21)4-3-14(24-16)12-23-11-13-2-1-7-19-10-13/h1-2,5,7-8,10,14-16H,3-4,6,9,11-12H2/t14-,15-,16-/m0/s1. The number of nitrogens with zero attached hydrogens (tertiary/aromatic N) is 3. The summed E-state index contributed by atoms with van der Waals surface area (Å²) in [5.74, 6) is 0.197. The summed E-state index contributed by atoms with van der Waals surface area (Å²) < 4.78 is 16.9. The molecule has 0 aliphatic carbocycles. The van der Waals surface area contributed by atoms with Gasteiger partial charge in [-0.3, -0.25) is 9.78 Å². The van der Waals surface area contributed by atoms with Crippen LogP contribution in [0.1, 0.15) is 35.4 Å². The summed E-state index contributed by atoms with van der Waals surface area (Å²) in [7, 11) is 0. The van der Waals surface area contributed by atoms with Gasteiger partial charge in [-0.05, 0) is 30.9 Å². The van der Waals surface area contributed by atoms with Crippen LogP contribution in [-0.2, 0) is 16.1 Å². The van der Waals surface area contributed by atoms with Crippen molar-refractivity contribution in [3.05, 3.63) is 48.1 Å². The van der Waals surface area contributed by atoms with E-state index in [-0.39, 0.29) is 24.2 Å². The molecule has 7 heteroatoms. The van der Waals surface area contributed by atoms with E-state index >= 15 is 0 Å². The Morgan fingerprint density at radius 1 is 1.28 bits per heavy atom. The molecule has 0 N–H and O–H groups in total. The maximum absolute atomic E-state index is 12.5. The van der Waals surface area contributed by atoms with Gasteiger partial charge in [0.05, 0.1) is 37.7 Å². The highest BCUT2D eigenvalue weighted by Crippen LogP contribution is 2.32. The van der Waals surface area contributed by atoms with Crippen molar-refractivity contribution in [2.45, 2.75) is 44.1 Å². The van der Waals surface area contributed by atoms with Gasteiger partial charge in [0.2, 0.25) is 5.76 Å². The second kappa shape index (κ2) is 7.33. The molecule has 4 heterocycles. The largest absolute Gasteiger partial charge is 0.374 e. The maximum atomic E-state index is 12.5. The third kappa shape index (κ3) is 3.57. The lowest BCUT2D eigenvalue weighted by molar-refractivity contribution is -0.0989. The first-order valence-electron chi connectivity index (χ1n) is 8.65. The van der Waals surface area contributed by atoms with E-state index in [0.717, 1.165) is 24.8 Å². The van der Waals surface area contributed by atoms with Crippen molar-refractivity contribution in [1.29, 1.82) is 0 Å².